The minimum absolute atomic E-state index is 0.173. The highest BCUT2D eigenvalue weighted by Crippen LogP contribution is 2.22. The number of carbonyl (C=O) groups is 2. The molecule has 8 heteroatoms. The van der Waals surface area contributed by atoms with Gasteiger partial charge in [0.25, 0.3) is 5.91 Å². The molecule has 2 atom stereocenters. The fraction of sp³-hybridized carbons (Fsp3) is 0.357. The summed E-state index contributed by atoms with van der Waals surface area (Å²) in [6, 6.07) is 7.56. The molecule has 0 saturated carbocycles. The SMILES string of the molecule is COc1ccc(NNC(=O)C2CC(C#N)CN2C(N)=O)cc1. The van der Waals surface area contributed by atoms with Crippen LogP contribution in [0.3, 0.4) is 0 Å². The average molecular weight is 303 g/mol. The first-order valence-corrected chi connectivity index (χ1v) is 6.70. The predicted molar refractivity (Wildman–Crippen MR) is 78.6 cm³/mol. The number of nitrogens with one attached hydrogen (secondary N) is 2. The second kappa shape index (κ2) is 6.67. The summed E-state index contributed by atoms with van der Waals surface area (Å²) < 4.78 is 5.04. The molecule has 1 aliphatic heterocycles. The summed E-state index contributed by atoms with van der Waals surface area (Å²) in [5.41, 5.74) is 11.2. The first-order valence-electron chi connectivity index (χ1n) is 6.70. The zero-order valence-corrected chi connectivity index (χ0v) is 12.1. The zero-order chi connectivity index (χ0) is 16.1. The normalized spacial score (nSPS) is 20.1. The molecule has 8 nitrogen and oxygen atoms in total. The Labute approximate surface area is 127 Å². The molecule has 22 heavy (non-hydrogen) atoms. The van der Waals surface area contributed by atoms with Crippen molar-refractivity contribution in [3.05, 3.63) is 24.3 Å². The van der Waals surface area contributed by atoms with Gasteiger partial charge >= 0.3 is 6.03 Å². The van der Waals surface area contributed by atoms with Crippen LogP contribution in [0.4, 0.5) is 10.5 Å². The number of rotatable bonds is 4. The van der Waals surface area contributed by atoms with E-state index in [1.807, 2.05) is 0 Å². The first-order chi connectivity index (χ1) is 10.5. The molecule has 1 saturated heterocycles. The molecule has 0 aromatic heterocycles. The van der Waals surface area contributed by atoms with Crippen LogP contribution in [0, 0.1) is 17.2 Å². The van der Waals surface area contributed by atoms with Crippen LogP contribution >= 0.6 is 0 Å². The molecule has 0 radical (unpaired) electrons. The number of ether oxygens (including phenoxy) is 1. The number of nitriles is 1. The lowest BCUT2D eigenvalue weighted by atomic mass is 10.1. The fourth-order valence-corrected chi connectivity index (χ4v) is 2.31. The van der Waals surface area contributed by atoms with Crippen molar-refractivity contribution in [1.29, 1.82) is 5.26 Å². The summed E-state index contributed by atoms with van der Waals surface area (Å²) in [6.45, 7) is 0.173. The van der Waals surface area contributed by atoms with E-state index in [1.54, 1.807) is 31.4 Å². The zero-order valence-electron chi connectivity index (χ0n) is 12.1. The highest BCUT2D eigenvalue weighted by atomic mass is 16.5. The van der Waals surface area contributed by atoms with Gasteiger partial charge in [0, 0.05) is 6.54 Å². The lowest BCUT2D eigenvalue weighted by molar-refractivity contribution is -0.124. The van der Waals surface area contributed by atoms with Gasteiger partial charge in [-0.05, 0) is 30.7 Å². The summed E-state index contributed by atoms with van der Waals surface area (Å²) in [7, 11) is 1.56. The fourth-order valence-electron chi connectivity index (χ4n) is 2.31. The van der Waals surface area contributed by atoms with Crippen LogP contribution in [0.2, 0.25) is 0 Å². The van der Waals surface area contributed by atoms with Gasteiger partial charge in [-0.2, -0.15) is 5.26 Å². The molecule has 4 N–H and O–H groups in total. The molecule has 116 valence electrons. The topological polar surface area (TPSA) is 120 Å². The van der Waals surface area contributed by atoms with Gasteiger partial charge in [0.2, 0.25) is 0 Å². The second-order valence-electron chi connectivity index (χ2n) is 4.91. The Hall–Kier alpha value is -2.95. The molecule has 3 amide bonds. The Morgan fingerprint density at radius 1 is 1.41 bits per heavy atom. The Bertz CT molecular complexity index is 595. The molecule has 1 aliphatic rings. The number of amides is 3. The maximum Gasteiger partial charge on any atom is 0.315 e. The first kappa shape index (κ1) is 15.4. The van der Waals surface area contributed by atoms with Crippen molar-refractivity contribution >= 4 is 17.6 Å². The van der Waals surface area contributed by atoms with E-state index < -0.39 is 18.0 Å². The van der Waals surface area contributed by atoms with E-state index in [-0.39, 0.29) is 18.9 Å². The van der Waals surface area contributed by atoms with Gasteiger partial charge < -0.3 is 15.4 Å². The van der Waals surface area contributed by atoms with Crippen molar-refractivity contribution in [3.63, 3.8) is 0 Å². The van der Waals surface area contributed by atoms with Gasteiger partial charge in [-0.15, -0.1) is 0 Å². The Morgan fingerprint density at radius 3 is 2.64 bits per heavy atom. The number of nitrogens with zero attached hydrogens (tertiary/aromatic N) is 2. The van der Waals surface area contributed by atoms with Gasteiger partial charge in [-0.3, -0.25) is 15.6 Å². The number of hydrogen-bond donors (Lipinski definition) is 3. The maximum atomic E-state index is 12.2. The number of benzene rings is 1. The van der Waals surface area contributed by atoms with Crippen molar-refractivity contribution < 1.29 is 14.3 Å². The predicted octanol–water partition coefficient (Wildman–Crippen LogP) is 0.431. The van der Waals surface area contributed by atoms with Crippen LogP contribution in [0.15, 0.2) is 24.3 Å². The van der Waals surface area contributed by atoms with E-state index in [0.717, 1.165) is 0 Å². The van der Waals surface area contributed by atoms with Crippen molar-refractivity contribution in [2.75, 3.05) is 19.1 Å². The molecule has 0 bridgehead atoms. The van der Waals surface area contributed by atoms with Crippen molar-refractivity contribution in [2.45, 2.75) is 12.5 Å². The van der Waals surface area contributed by atoms with Crippen LogP contribution < -0.4 is 21.3 Å². The smallest absolute Gasteiger partial charge is 0.315 e. The van der Waals surface area contributed by atoms with Crippen LogP contribution in [-0.4, -0.2) is 36.5 Å². The molecule has 1 aromatic rings. The summed E-state index contributed by atoms with van der Waals surface area (Å²) in [6.07, 6.45) is 0.273. The van der Waals surface area contributed by atoms with E-state index in [4.69, 9.17) is 15.7 Å². The largest absolute Gasteiger partial charge is 0.497 e. The van der Waals surface area contributed by atoms with Crippen molar-refractivity contribution in [2.24, 2.45) is 11.7 Å². The molecule has 0 aliphatic carbocycles. The van der Waals surface area contributed by atoms with Gasteiger partial charge in [0.05, 0.1) is 24.8 Å². The number of urea groups is 1. The number of primary amides is 1. The van der Waals surface area contributed by atoms with Crippen LogP contribution in [0.1, 0.15) is 6.42 Å². The monoisotopic (exact) mass is 303 g/mol. The Morgan fingerprint density at radius 2 is 2.09 bits per heavy atom. The maximum absolute atomic E-state index is 12.2. The minimum Gasteiger partial charge on any atom is -0.497 e. The third kappa shape index (κ3) is 3.38. The summed E-state index contributed by atoms with van der Waals surface area (Å²) >= 11 is 0. The van der Waals surface area contributed by atoms with E-state index in [1.165, 1.54) is 4.90 Å². The number of hydrogen-bond acceptors (Lipinski definition) is 5. The summed E-state index contributed by atoms with van der Waals surface area (Å²) in [4.78, 5) is 24.7. The van der Waals surface area contributed by atoms with E-state index in [2.05, 4.69) is 16.9 Å². The van der Waals surface area contributed by atoms with Gasteiger partial charge in [0.15, 0.2) is 0 Å². The van der Waals surface area contributed by atoms with Gasteiger partial charge in [-0.25, -0.2) is 4.79 Å². The number of nitrogens with two attached hydrogens (primary N) is 1. The van der Waals surface area contributed by atoms with Crippen LogP contribution in [0.5, 0.6) is 5.75 Å². The van der Waals surface area contributed by atoms with E-state index in [0.29, 0.717) is 11.4 Å². The van der Waals surface area contributed by atoms with Gasteiger partial charge in [0.1, 0.15) is 11.8 Å². The molecule has 1 heterocycles. The number of methoxy groups -OCH3 is 1. The number of anilines is 1. The molecular formula is C14H17N5O3. The highest BCUT2D eigenvalue weighted by Gasteiger charge is 2.38. The summed E-state index contributed by atoms with van der Waals surface area (Å²) in [5, 5.41) is 8.93. The number of carbonyl (C=O) groups excluding carboxylic acids is 2. The molecule has 1 fully saturated rings. The Kier molecular flexibility index (Phi) is 4.68. The number of hydrazine groups is 1. The van der Waals surface area contributed by atoms with Gasteiger partial charge in [-0.1, -0.05) is 0 Å². The molecule has 2 rings (SSSR count). The minimum atomic E-state index is -0.743. The highest BCUT2D eigenvalue weighted by molar-refractivity contribution is 5.88. The standard InChI is InChI=1S/C14H17N5O3/c1-22-11-4-2-10(3-5-11)17-18-13(20)12-6-9(7-15)8-19(12)14(16)21/h2-5,9,12,17H,6,8H2,1H3,(H2,16,21)(H,18,20). The molecule has 2 unspecified atom stereocenters. The lowest BCUT2D eigenvalue weighted by Crippen LogP contribution is -2.49. The van der Waals surface area contributed by atoms with E-state index >= 15 is 0 Å². The summed E-state index contributed by atoms with van der Waals surface area (Å²) in [5.74, 6) is -0.0963. The second-order valence-corrected chi connectivity index (χ2v) is 4.91. The molecule has 1 aromatic carbocycles. The molecule has 0 spiro atoms. The average Bonchev–Trinajstić information content (AvgIpc) is 2.98. The van der Waals surface area contributed by atoms with Crippen LogP contribution in [-0.2, 0) is 4.79 Å². The van der Waals surface area contributed by atoms with Crippen molar-refractivity contribution in [3.8, 4) is 11.8 Å². The van der Waals surface area contributed by atoms with E-state index in [9.17, 15) is 9.59 Å². The third-order valence-electron chi connectivity index (χ3n) is 3.49. The molecular weight excluding hydrogens is 286 g/mol. The lowest BCUT2D eigenvalue weighted by Gasteiger charge is -2.21. The number of likely N-dealkylation sites (tertiary alicyclic amines) is 1. The third-order valence-corrected chi connectivity index (χ3v) is 3.49. The van der Waals surface area contributed by atoms with Crippen LogP contribution in [0.25, 0.3) is 0 Å². The van der Waals surface area contributed by atoms with Crippen molar-refractivity contribution in [1.82, 2.24) is 10.3 Å². The quantitative estimate of drug-likeness (QED) is 0.697. The Balaban J connectivity index is 1.95.